The highest BCUT2D eigenvalue weighted by Crippen LogP contribution is 2.29. The summed E-state index contributed by atoms with van der Waals surface area (Å²) >= 11 is 0. The minimum atomic E-state index is -0.360. The van der Waals surface area contributed by atoms with Crippen LogP contribution in [0.5, 0.6) is 5.88 Å². The van der Waals surface area contributed by atoms with E-state index in [0.717, 1.165) is 5.56 Å². The number of hydrogen-bond acceptors (Lipinski definition) is 4. The first kappa shape index (κ1) is 17.0. The van der Waals surface area contributed by atoms with Crippen molar-refractivity contribution in [2.75, 3.05) is 19.0 Å². The molecule has 0 spiro atoms. The van der Waals surface area contributed by atoms with E-state index < -0.39 is 0 Å². The van der Waals surface area contributed by atoms with Crippen molar-refractivity contribution in [3.63, 3.8) is 0 Å². The first-order valence-corrected chi connectivity index (χ1v) is 8.24. The number of aromatic nitrogens is 1. The Labute approximate surface area is 146 Å². The van der Waals surface area contributed by atoms with Gasteiger partial charge in [-0.1, -0.05) is 30.3 Å². The number of methoxy groups -OCH3 is 1. The van der Waals surface area contributed by atoms with E-state index >= 15 is 0 Å². The third-order valence-electron chi connectivity index (χ3n) is 4.49. The first-order valence-electron chi connectivity index (χ1n) is 8.24. The molecule has 0 radical (unpaired) electrons. The Morgan fingerprint density at radius 2 is 2.04 bits per heavy atom. The van der Waals surface area contributed by atoms with Crippen molar-refractivity contribution < 1.29 is 14.3 Å². The second kappa shape index (κ2) is 7.34. The highest BCUT2D eigenvalue weighted by Gasteiger charge is 2.37. The maximum Gasteiger partial charge on any atom is 0.229 e. The lowest BCUT2D eigenvalue weighted by molar-refractivity contribution is -0.129. The number of nitrogens with one attached hydrogen (secondary N) is 1. The number of carbonyl (C=O) groups excluding carboxylic acids is 2. The molecule has 1 aliphatic rings. The summed E-state index contributed by atoms with van der Waals surface area (Å²) in [6, 6.07) is 13.2. The fraction of sp³-hybridized carbons (Fsp3) is 0.316. The van der Waals surface area contributed by atoms with Gasteiger partial charge in [-0.25, -0.2) is 4.98 Å². The van der Waals surface area contributed by atoms with E-state index in [9.17, 15) is 9.59 Å². The second-order valence-electron chi connectivity index (χ2n) is 6.11. The molecule has 0 bridgehead atoms. The normalized spacial score (nSPS) is 18.1. The standard InChI is InChI=1S/C19H21N3O3/c1-13(14-6-4-3-5-7-14)22-12-15(10-18(22)23)19(24)21-16-8-9-17(25-2)20-11-16/h3-9,11,13,15H,10,12H2,1-2H3,(H,21,24)/t13-,15-/m0/s1. The lowest BCUT2D eigenvalue weighted by Gasteiger charge is -2.25. The average Bonchev–Trinajstić information content (AvgIpc) is 3.04. The van der Waals surface area contributed by atoms with Crippen LogP contribution in [0.25, 0.3) is 0 Å². The number of amides is 2. The van der Waals surface area contributed by atoms with Crippen molar-refractivity contribution in [3.05, 3.63) is 54.2 Å². The average molecular weight is 339 g/mol. The maximum absolute atomic E-state index is 12.5. The van der Waals surface area contributed by atoms with Gasteiger partial charge in [0.2, 0.25) is 17.7 Å². The van der Waals surface area contributed by atoms with E-state index in [0.29, 0.717) is 18.1 Å². The highest BCUT2D eigenvalue weighted by atomic mass is 16.5. The molecule has 6 heteroatoms. The zero-order valence-electron chi connectivity index (χ0n) is 14.3. The Morgan fingerprint density at radius 3 is 2.68 bits per heavy atom. The Morgan fingerprint density at radius 1 is 1.28 bits per heavy atom. The number of benzene rings is 1. The Kier molecular flexibility index (Phi) is 4.97. The highest BCUT2D eigenvalue weighted by molar-refractivity contribution is 5.97. The van der Waals surface area contributed by atoms with Crippen molar-refractivity contribution >= 4 is 17.5 Å². The van der Waals surface area contributed by atoms with E-state index in [1.165, 1.54) is 13.3 Å². The molecule has 6 nitrogen and oxygen atoms in total. The SMILES string of the molecule is COc1ccc(NC(=O)[C@H]2CC(=O)N([C@@H](C)c3ccccc3)C2)cn1. The smallest absolute Gasteiger partial charge is 0.229 e. The molecule has 130 valence electrons. The fourth-order valence-corrected chi connectivity index (χ4v) is 3.01. The third-order valence-corrected chi connectivity index (χ3v) is 4.49. The molecule has 1 saturated heterocycles. The van der Waals surface area contributed by atoms with Crippen LogP contribution in [-0.2, 0) is 9.59 Å². The van der Waals surface area contributed by atoms with E-state index in [4.69, 9.17) is 4.74 Å². The molecule has 1 fully saturated rings. The number of nitrogens with zero attached hydrogens (tertiary/aromatic N) is 2. The van der Waals surface area contributed by atoms with Crippen LogP contribution in [0.4, 0.5) is 5.69 Å². The van der Waals surface area contributed by atoms with Crippen LogP contribution in [0.3, 0.4) is 0 Å². The largest absolute Gasteiger partial charge is 0.481 e. The van der Waals surface area contributed by atoms with Crippen LogP contribution in [-0.4, -0.2) is 35.4 Å². The summed E-state index contributed by atoms with van der Waals surface area (Å²) in [6.45, 7) is 2.41. The van der Waals surface area contributed by atoms with Crippen LogP contribution in [0.2, 0.25) is 0 Å². The number of likely N-dealkylation sites (tertiary alicyclic amines) is 1. The van der Waals surface area contributed by atoms with Gasteiger partial charge in [0, 0.05) is 19.0 Å². The minimum Gasteiger partial charge on any atom is -0.481 e. The van der Waals surface area contributed by atoms with Crippen molar-refractivity contribution in [1.82, 2.24) is 9.88 Å². The quantitative estimate of drug-likeness (QED) is 0.909. The summed E-state index contributed by atoms with van der Waals surface area (Å²) in [5, 5.41) is 2.82. The summed E-state index contributed by atoms with van der Waals surface area (Å²) in [5.41, 5.74) is 1.66. The van der Waals surface area contributed by atoms with Gasteiger partial charge in [-0.2, -0.15) is 0 Å². The predicted molar refractivity (Wildman–Crippen MR) is 94.1 cm³/mol. The van der Waals surface area contributed by atoms with Crippen LogP contribution >= 0.6 is 0 Å². The van der Waals surface area contributed by atoms with Gasteiger partial charge in [0.1, 0.15) is 0 Å². The molecular weight excluding hydrogens is 318 g/mol. The summed E-state index contributed by atoms with van der Waals surface area (Å²) in [6.07, 6.45) is 1.77. The Hall–Kier alpha value is -2.89. The molecule has 25 heavy (non-hydrogen) atoms. The number of hydrogen-bond donors (Lipinski definition) is 1. The molecule has 0 saturated carbocycles. The summed E-state index contributed by atoms with van der Waals surface area (Å²) in [7, 11) is 1.53. The fourth-order valence-electron chi connectivity index (χ4n) is 3.01. The number of ether oxygens (including phenoxy) is 1. The first-order chi connectivity index (χ1) is 12.1. The van der Waals surface area contributed by atoms with Gasteiger partial charge < -0.3 is 15.0 Å². The van der Waals surface area contributed by atoms with Gasteiger partial charge >= 0.3 is 0 Å². The summed E-state index contributed by atoms with van der Waals surface area (Å²) in [5.74, 6) is -0.0369. The Bertz CT molecular complexity index is 746. The predicted octanol–water partition coefficient (Wildman–Crippen LogP) is 2.64. The molecular formula is C19H21N3O3. The van der Waals surface area contributed by atoms with Crippen LogP contribution < -0.4 is 10.1 Å². The molecule has 1 aromatic carbocycles. The van der Waals surface area contributed by atoms with Gasteiger partial charge in [-0.15, -0.1) is 0 Å². The molecule has 2 amide bonds. The van der Waals surface area contributed by atoms with Crippen LogP contribution in [0.15, 0.2) is 48.7 Å². The molecule has 0 aliphatic carbocycles. The maximum atomic E-state index is 12.5. The van der Waals surface area contributed by atoms with E-state index in [2.05, 4.69) is 10.3 Å². The summed E-state index contributed by atoms with van der Waals surface area (Å²) < 4.78 is 5.00. The van der Waals surface area contributed by atoms with Gasteiger partial charge in [0.05, 0.1) is 31.0 Å². The van der Waals surface area contributed by atoms with Crippen LogP contribution in [0.1, 0.15) is 24.9 Å². The van der Waals surface area contributed by atoms with Crippen molar-refractivity contribution in [3.8, 4) is 5.88 Å². The molecule has 0 unspecified atom stereocenters. The molecule has 1 N–H and O–H groups in total. The van der Waals surface area contributed by atoms with Crippen molar-refractivity contribution in [1.29, 1.82) is 0 Å². The zero-order chi connectivity index (χ0) is 17.8. The number of anilines is 1. The summed E-state index contributed by atoms with van der Waals surface area (Å²) in [4.78, 5) is 30.7. The van der Waals surface area contributed by atoms with E-state index in [1.54, 1.807) is 17.0 Å². The molecule has 2 aromatic rings. The molecule has 1 aliphatic heterocycles. The topological polar surface area (TPSA) is 71.5 Å². The molecule has 2 atom stereocenters. The second-order valence-corrected chi connectivity index (χ2v) is 6.11. The number of carbonyl (C=O) groups is 2. The molecule has 3 rings (SSSR count). The van der Waals surface area contributed by atoms with Crippen molar-refractivity contribution in [2.24, 2.45) is 5.92 Å². The Balaban J connectivity index is 1.64. The van der Waals surface area contributed by atoms with Crippen LogP contribution in [0, 0.1) is 5.92 Å². The lowest BCUT2D eigenvalue weighted by atomic mass is 10.1. The van der Waals surface area contributed by atoms with Gasteiger partial charge in [0.25, 0.3) is 0 Å². The molecule has 2 heterocycles. The monoisotopic (exact) mass is 339 g/mol. The van der Waals surface area contributed by atoms with Gasteiger partial charge in [-0.05, 0) is 18.6 Å². The number of rotatable bonds is 5. The van der Waals surface area contributed by atoms with Crippen molar-refractivity contribution in [2.45, 2.75) is 19.4 Å². The zero-order valence-corrected chi connectivity index (χ0v) is 14.3. The van der Waals surface area contributed by atoms with E-state index in [1.807, 2.05) is 37.3 Å². The minimum absolute atomic E-state index is 0.00404. The molecule has 1 aromatic heterocycles. The van der Waals surface area contributed by atoms with Gasteiger partial charge in [-0.3, -0.25) is 9.59 Å². The van der Waals surface area contributed by atoms with Gasteiger partial charge in [0.15, 0.2) is 0 Å². The van der Waals surface area contributed by atoms with E-state index in [-0.39, 0.29) is 30.2 Å². The number of pyridine rings is 1. The lowest BCUT2D eigenvalue weighted by Crippen LogP contribution is -2.30. The third kappa shape index (κ3) is 3.79.